The highest BCUT2D eigenvalue weighted by Gasteiger charge is 2.10. The average Bonchev–Trinajstić information content (AvgIpc) is 3.09. The number of carbonyl (C=O) groups excluding carboxylic acids is 1. The first-order valence-electron chi connectivity index (χ1n) is 8.88. The van der Waals surface area contributed by atoms with E-state index in [0.29, 0.717) is 22.4 Å². The SMILES string of the molecule is CN(Cc1ccc(NC(=O)c2ccc3oc(=O)[nH]c3c2)cc1)c1ccccc1. The minimum atomic E-state index is -0.538. The molecule has 0 bridgehead atoms. The van der Waals surface area contributed by atoms with Gasteiger partial charge in [0.2, 0.25) is 0 Å². The Balaban J connectivity index is 1.43. The van der Waals surface area contributed by atoms with Gasteiger partial charge in [-0.15, -0.1) is 0 Å². The number of benzene rings is 3. The maximum absolute atomic E-state index is 12.5. The lowest BCUT2D eigenvalue weighted by Crippen LogP contribution is -2.16. The van der Waals surface area contributed by atoms with Crippen LogP contribution in [0.4, 0.5) is 11.4 Å². The van der Waals surface area contributed by atoms with Crippen molar-refractivity contribution >= 4 is 28.4 Å². The van der Waals surface area contributed by atoms with E-state index < -0.39 is 5.76 Å². The Morgan fingerprint density at radius 2 is 1.79 bits per heavy atom. The molecule has 4 aromatic rings. The maximum Gasteiger partial charge on any atom is 0.417 e. The van der Waals surface area contributed by atoms with Crippen LogP contribution in [0.5, 0.6) is 0 Å². The molecular weight excluding hydrogens is 354 g/mol. The second-order valence-corrected chi connectivity index (χ2v) is 6.57. The van der Waals surface area contributed by atoms with Crippen molar-refractivity contribution in [3.8, 4) is 0 Å². The summed E-state index contributed by atoms with van der Waals surface area (Å²) in [5.41, 5.74) is 4.36. The smallest absolute Gasteiger partial charge is 0.408 e. The number of rotatable bonds is 5. The fourth-order valence-corrected chi connectivity index (χ4v) is 3.04. The molecule has 1 amide bonds. The Hall–Kier alpha value is -3.80. The van der Waals surface area contributed by atoms with Crippen molar-refractivity contribution in [2.75, 3.05) is 17.3 Å². The first kappa shape index (κ1) is 17.6. The lowest BCUT2D eigenvalue weighted by molar-refractivity contribution is 0.102. The Morgan fingerprint density at radius 3 is 2.54 bits per heavy atom. The maximum atomic E-state index is 12.5. The van der Waals surface area contributed by atoms with Crippen molar-refractivity contribution in [3.05, 3.63) is 94.5 Å². The number of anilines is 2. The predicted molar refractivity (Wildman–Crippen MR) is 110 cm³/mol. The van der Waals surface area contributed by atoms with E-state index >= 15 is 0 Å². The van der Waals surface area contributed by atoms with Crippen molar-refractivity contribution in [2.45, 2.75) is 6.54 Å². The van der Waals surface area contributed by atoms with Gasteiger partial charge in [0.1, 0.15) is 0 Å². The van der Waals surface area contributed by atoms with E-state index in [1.807, 2.05) is 49.5 Å². The third kappa shape index (κ3) is 3.81. The summed E-state index contributed by atoms with van der Waals surface area (Å²) >= 11 is 0. The Labute approximate surface area is 161 Å². The second-order valence-electron chi connectivity index (χ2n) is 6.57. The van der Waals surface area contributed by atoms with Gasteiger partial charge in [0.25, 0.3) is 5.91 Å². The van der Waals surface area contributed by atoms with Gasteiger partial charge in [-0.2, -0.15) is 0 Å². The Kier molecular flexibility index (Phi) is 4.68. The van der Waals surface area contributed by atoms with Gasteiger partial charge in [-0.1, -0.05) is 30.3 Å². The predicted octanol–water partition coefficient (Wildman–Crippen LogP) is 4.01. The van der Waals surface area contributed by atoms with Crippen LogP contribution in [0.25, 0.3) is 11.1 Å². The summed E-state index contributed by atoms with van der Waals surface area (Å²) < 4.78 is 4.95. The summed E-state index contributed by atoms with van der Waals surface area (Å²) in [4.78, 5) is 28.4. The van der Waals surface area contributed by atoms with Gasteiger partial charge in [-0.05, 0) is 48.0 Å². The zero-order valence-electron chi connectivity index (χ0n) is 15.3. The second kappa shape index (κ2) is 7.44. The Bertz CT molecular complexity index is 1160. The van der Waals surface area contributed by atoms with Crippen LogP contribution in [0.15, 0.2) is 82.0 Å². The van der Waals surface area contributed by atoms with Gasteiger partial charge in [0.05, 0.1) is 5.52 Å². The molecular formula is C22H19N3O3. The Morgan fingerprint density at radius 1 is 1.04 bits per heavy atom. The fraction of sp³-hybridized carbons (Fsp3) is 0.0909. The normalized spacial score (nSPS) is 10.8. The molecule has 6 heteroatoms. The molecule has 3 aromatic carbocycles. The number of nitrogens with one attached hydrogen (secondary N) is 2. The highest BCUT2D eigenvalue weighted by molar-refractivity contribution is 6.05. The number of hydrogen-bond acceptors (Lipinski definition) is 4. The van der Waals surface area contributed by atoms with Crippen molar-refractivity contribution in [1.29, 1.82) is 0 Å². The minimum absolute atomic E-state index is 0.252. The van der Waals surface area contributed by atoms with E-state index in [1.54, 1.807) is 18.2 Å². The summed E-state index contributed by atoms with van der Waals surface area (Å²) in [6, 6.07) is 22.7. The summed E-state index contributed by atoms with van der Waals surface area (Å²) in [5.74, 6) is -0.790. The van der Waals surface area contributed by atoms with Crippen LogP contribution in [0.2, 0.25) is 0 Å². The van der Waals surface area contributed by atoms with Crippen LogP contribution in [0.1, 0.15) is 15.9 Å². The molecule has 0 aliphatic rings. The van der Waals surface area contributed by atoms with E-state index in [0.717, 1.165) is 17.8 Å². The molecule has 0 saturated heterocycles. The molecule has 0 radical (unpaired) electrons. The molecule has 0 spiro atoms. The summed E-state index contributed by atoms with van der Waals surface area (Å²) in [5, 5.41) is 2.87. The lowest BCUT2D eigenvalue weighted by atomic mass is 10.1. The summed E-state index contributed by atoms with van der Waals surface area (Å²) in [6.07, 6.45) is 0. The number of aromatic nitrogens is 1. The average molecular weight is 373 g/mol. The zero-order valence-corrected chi connectivity index (χ0v) is 15.3. The molecule has 6 nitrogen and oxygen atoms in total. The van der Waals surface area contributed by atoms with E-state index in [-0.39, 0.29) is 5.91 Å². The molecule has 4 rings (SSSR count). The van der Waals surface area contributed by atoms with Crippen LogP contribution in [0.3, 0.4) is 0 Å². The molecule has 0 aliphatic carbocycles. The van der Waals surface area contributed by atoms with Crippen molar-refractivity contribution in [1.82, 2.24) is 4.98 Å². The highest BCUT2D eigenvalue weighted by Crippen LogP contribution is 2.18. The summed E-state index contributed by atoms with van der Waals surface area (Å²) in [7, 11) is 2.04. The number of H-pyrrole nitrogens is 1. The number of para-hydroxylation sites is 1. The lowest BCUT2D eigenvalue weighted by Gasteiger charge is -2.19. The molecule has 0 aliphatic heterocycles. The minimum Gasteiger partial charge on any atom is -0.408 e. The van der Waals surface area contributed by atoms with Gasteiger partial charge in [0, 0.05) is 30.5 Å². The number of amides is 1. The number of aromatic amines is 1. The molecule has 0 saturated carbocycles. The first-order valence-corrected chi connectivity index (χ1v) is 8.88. The number of nitrogens with zero attached hydrogens (tertiary/aromatic N) is 1. The third-order valence-electron chi connectivity index (χ3n) is 4.51. The third-order valence-corrected chi connectivity index (χ3v) is 4.51. The van der Waals surface area contributed by atoms with Gasteiger partial charge in [-0.3, -0.25) is 9.78 Å². The van der Waals surface area contributed by atoms with E-state index in [2.05, 4.69) is 27.3 Å². The van der Waals surface area contributed by atoms with Gasteiger partial charge in [0.15, 0.2) is 5.58 Å². The van der Waals surface area contributed by atoms with Crippen LogP contribution in [0, 0.1) is 0 Å². The molecule has 140 valence electrons. The van der Waals surface area contributed by atoms with E-state index in [9.17, 15) is 9.59 Å². The van der Waals surface area contributed by atoms with Crippen molar-refractivity contribution in [2.24, 2.45) is 0 Å². The number of fused-ring (bicyclic) bond motifs is 1. The standard InChI is InChI=1S/C22H19N3O3/c1-25(18-5-3-2-4-6-18)14-15-7-10-17(11-8-15)23-21(26)16-9-12-20-19(13-16)24-22(27)28-20/h2-13H,14H2,1H3,(H,23,26)(H,24,27). The van der Waals surface area contributed by atoms with Crippen molar-refractivity contribution < 1.29 is 9.21 Å². The molecule has 0 atom stereocenters. The van der Waals surface area contributed by atoms with Crippen LogP contribution in [-0.4, -0.2) is 17.9 Å². The molecule has 1 aromatic heterocycles. The molecule has 0 fully saturated rings. The van der Waals surface area contributed by atoms with Crippen LogP contribution >= 0.6 is 0 Å². The fourth-order valence-electron chi connectivity index (χ4n) is 3.04. The molecule has 1 heterocycles. The monoisotopic (exact) mass is 373 g/mol. The van der Waals surface area contributed by atoms with E-state index in [1.165, 1.54) is 0 Å². The largest absolute Gasteiger partial charge is 0.417 e. The quantitative estimate of drug-likeness (QED) is 0.554. The van der Waals surface area contributed by atoms with E-state index in [4.69, 9.17) is 4.42 Å². The number of oxazole rings is 1. The van der Waals surface area contributed by atoms with Gasteiger partial charge in [-0.25, -0.2) is 4.79 Å². The molecule has 28 heavy (non-hydrogen) atoms. The molecule has 0 unspecified atom stereocenters. The topological polar surface area (TPSA) is 78.3 Å². The number of carbonyl (C=O) groups is 1. The zero-order chi connectivity index (χ0) is 19.5. The number of hydrogen-bond donors (Lipinski definition) is 2. The van der Waals surface area contributed by atoms with Crippen LogP contribution < -0.4 is 16.0 Å². The first-order chi connectivity index (χ1) is 13.6. The molecule has 2 N–H and O–H groups in total. The van der Waals surface area contributed by atoms with Gasteiger partial charge >= 0.3 is 5.76 Å². The van der Waals surface area contributed by atoms with Gasteiger partial charge < -0.3 is 14.6 Å². The summed E-state index contributed by atoms with van der Waals surface area (Å²) in [6.45, 7) is 0.767. The van der Waals surface area contributed by atoms with Crippen LogP contribution in [-0.2, 0) is 6.54 Å². The van der Waals surface area contributed by atoms with Crippen molar-refractivity contribution in [3.63, 3.8) is 0 Å². The highest BCUT2D eigenvalue weighted by atomic mass is 16.4.